The lowest BCUT2D eigenvalue weighted by molar-refractivity contribution is -0.126. The van der Waals surface area contributed by atoms with Crippen LogP contribution in [0.2, 0.25) is 0 Å². The Labute approximate surface area is 130 Å². The molecule has 1 aromatic carbocycles. The topological polar surface area (TPSA) is 49.4 Å². The van der Waals surface area contributed by atoms with Crippen LogP contribution in [-0.4, -0.2) is 31.2 Å². The molecule has 2 amide bonds. The second-order valence-corrected chi connectivity index (χ2v) is 6.13. The minimum atomic E-state index is -0.227. The number of rotatable bonds is 6. The summed E-state index contributed by atoms with van der Waals surface area (Å²) >= 11 is 1.67. The maximum absolute atomic E-state index is 12.1. The van der Waals surface area contributed by atoms with Crippen molar-refractivity contribution < 1.29 is 9.59 Å². The van der Waals surface area contributed by atoms with Crippen LogP contribution in [0.3, 0.4) is 0 Å². The second kappa shape index (κ2) is 7.50. The van der Waals surface area contributed by atoms with E-state index < -0.39 is 0 Å². The number of hydrogen-bond donors (Lipinski definition) is 1. The summed E-state index contributed by atoms with van der Waals surface area (Å²) in [6, 6.07) is 7.89. The maximum Gasteiger partial charge on any atom is 0.227 e. The molecule has 2 rings (SSSR count). The lowest BCUT2D eigenvalue weighted by Crippen LogP contribution is -2.33. The molecule has 1 aromatic rings. The van der Waals surface area contributed by atoms with Gasteiger partial charge in [0.25, 0.3) is 0 Å². The van der Waals surface area contributed by atoms with Crippen LogP contribution in [0.1, 0.15) is 26.2 Å². The third-order valence-electron chi connectivity index (χ3n) is 3.71. The molecule has 5 heteroatoms. The first-order valence-corrected chi connectivity index (χ1v) is 8.60. The Morgan fingerprint density at radius 3 is 2.71 bits per heavy atom. The Bertz CT molecular complexity index is 502. The zero-order valence-electron chi connectivity index (χ0n) is 12.6. The van der Waals surface area contributed by atoms with Gasteiger partial charge in [0.1, 0.15) is 0 Å². The van der Waals surface area contributed by atoms with Crippen molar-refractivity contribution >= 4 is 29.3 Å². The van der Waals surface area contributed by atoms with Crippen molar-refractivity contribution in [2.24, 2.45) is 5.92 Å². The molecule has 1 saturated heterocycles. The summed E-state index contributed by atoms with van der Waals surface area (Å²) in [5.41, 5.74) is 0.877. The van der Waals surface area contributed by atoms with E-state index >= 15 is 0 Å². The molecular formula is C16H22N2O2S. The standard InChI is InChI=1S/C16H22N2O2S/c1-3-4-9-17-16(20)12-10-15(19)18(11-12)13-5-7-14(21-2)8-6-13/h5-8,12H,3-4,9-11H2,1-2H3,(H,17,20). The number of unbranched alkanes of at least 4 members (excludes halogenated alkanes) is 1. The van der Waals surface area contributed by atoms with Gasteiger partial charge < -0.3 is 10.2 Å². The molecule has 0 aromatic heterocycles. The molecule has 4 nitrogen and oxygen atoms in total. The van der Waals surface area contributed by atoms with E-state index in [1.807, 2.05) is 30.5 Å². The molecule has 1 aliphatic heterocycles. The first-order valence-electron chi connectivity index (χ1n) is 7.37. The monoisotopic (exact) mass is 306 g/mol. The van der Waals surface area contributed by atoms with E-state index in [4.69, 9.17) is 0 Å². The largest absolute Gasteiger partial charge is 0.356 e. The van der Waals surface area contributed by atoms with Gasteiger partial charge in [-0.15, -0.1) is 11.8 Å². The summed E-state index contributed by atoms with van der Waals surface area (Å²) in [6.45, 7) is 3.27. The highest BCUT2D eigenvalue weighted by Crippen LogP contribution is 2.27. The normalized spacial score (nSPS) is 18.1. The highest BCUT2D eigenvalue weighted by Gasteiger charge is 2.34. The van der Waals surface area contributed by atoms with Crippen molar-refractivity contribution in [2.75, 3.05) is 24.2 Å². The molecule has 1 aliphatic rings. The van der Waals surface area contributed by atoms with Crippen LogP contribution in [0.15, 0.2) is 29.2 Å². The lowest BCUT2D eigenvalue weighted by Gasteiger charge is -2.17. The van der Waals surface area contributed by atoms with Gasteiger partial charge in [-0.1, -0.05) is 13.3 Å². The molecule has 1 fully saturated rings. The average Bonchev–Trinajstić information content (AvgIpc) is 2.89. The van der Waals surface area contributed by atoms with Gasteiger partial charge in [-0.25, -0.2) is 0 Å². The predicted octanol–water partition coefficient (Wildman–Crippen LogP) is 2.68. The van der Waals surface area contributed by atoms with E-state index in [1.54, 1.807) is 16.7 Å². The fourth-order valence-corrected chi connectivity index (χ4v) is 2.84. The SMILES string of the molecule is CCCCNC(=O)C1CC(=O)N(c2ccc(SC)cc2)C1. The van der Waals surface area contributed by atoms with Crippen molar-refractivity contribution in [3.63, 3.8) is 0 Å². The Hall–Kier alpha value is -1.49. The second-order valence-electron chi connectivity index (χ2n) is 5.25. The third-order valence-corrected chi connectivity index (χ3v) is 4.45. The highest BCUT2D eigenvalue weighted by molar-refractivity contribution is 7.98. The Kier molecular flexibility index (Phi) is 5.67. The lowest BCUT2D eigenvalue weighted by atomic mass is 10.1. The number of hydrogen-bond acceptors (Lipinski definition) is 3. The van der Waals surface area contributed by atoms with E-state index in [0.29, 0.717) is 19.5 Å². The van der Waals surface area contributed by atoms with Gasteiger partial charge in [0, 0.05) is 30.1 Å². The van der Waals surface area contributed by atoms with Crippen LogP contribution in [0.4, 0.5) is 5.69 Å². The number of benzene rings is 1. The molecule has 0 aliphatic carbocycles. The van der Waals surface area contributed by atoms with Gasteiger partial charge in [0.2, 0.25) is 11.8 Å². The van der Waals surface area contributed by atoms with E-state index in [0.717, 1.165) is 18.5 Å². The molecule has 0 saturated carbocycles. The Morgan fingerprint density at radius 2 is 2.10 bits per heavy atom. The molecule has 0 radical (unpaired) electrons. The van der Waals surface area contributed by atoms with Crippen LogP contribution in [0.25, 0.3) is 0 Å². The van der Waals surface area contributed by atoms with Gasteiger partial charge in [0.15, 0.2) is 0 Å². The van der Waals surface area contributed by atoms with Crippen molar-refractivity contribution in [3.05, 3.63) is 24.3 Å². The Balaban J connectivity index is 1.96. The number of nitrogens with one attached hydrogen (secondary N) is 1. The molecule has 1 N–H and O–H groups in total. The third kappa shape index (κ3) is 4.00. The van der Waals surface area contributed by atoms with E-state index in [2.05, 4.69) is 12.2 Å². The Morgan fingerprint density at radius 1 is 1.38 bits per heavy atom. The van der Waals surface area contributed by atoms with Gasteiger partial charge in [-0.2, -0.15) is 0 Å². The molecule has 21 heavy (non-hydrogen) atoms. The predicted molar refractivity (Wildman–Crippen MR) is 86.6 cm³/mol. The van der Waals surface area contributed by atoms with Crippen LogP contribution in [0, 0.1) is 5.92 Å². The number of thioether (sulfide) groups is 1. The zero-order chi connectivity index (χ0) is 15.2. The van der Waals surface area contributed by atoms with Gasteiger partial charge in [0.05, 0.1) is 5.92 Å². The van der Waals surface area contributed by atoms with E-state index in [9.17, 15) is 9.59 Å². The summed E-state index contributed by atoms with van der Waals surface area (Å²) in [5.74, 6) is -0.197. The smallest absolute Gasteiger partial charge is 0.227 e. The van der Waals surface area contributed by atoms with E-state index in [-0.39, 0.29) is 17.7 Å². The van der Waals surface area contributed by atoms with Crippen LogP contribution >= 0.6 is 11.8 Å². The van der Waals surface area contributed by atoms with Crippen LogP contribution < -0.4 is 10.2 Å². The number of carbonyl (C=O) groups excluding carboxylic acids is 2. The summed E-state index contributed by atoms with van der Waals surface area (Å²) < 4.78 is 0. The number of nitrogens with zero attached hydrogens (tertiary/aromatic N) is 1. The number of amides is 2. The number of carbonyl (C=O) groups is 2. The molecule has 1 atom stereocenters. The molecule has 114 valence electrons. The van der Waals surface area contributed by atoms with Gasteiger partial charge >= 0.3 is 0 Å². The molecular weight excluding hydrogens is 284 g/mol. The fourth-order valence-electron chi connectivity index (χ4n) is 2.43. The summed E-state index contributed by atoms with van der Waals surface area (Å²) in [6.07, 6.45) is 4.36. The molecule has 0 bridgehead atoms. The minimum Gasteiger partial charge on any atom is -0.356 e. The molecule has 0 spiro atoms. The van der Waals surface area contributed by atoms with Crippen molar-refractivity contribution in [3.8, 4) is 0 Å². The van der Waals surface area contributed by atoms with Gasteiger partial charge in [-0.05, 0) is 36.9 Å². The quantitative estimate of drug-likeness (QED) is 0.649. The molecule has 1 unspecified atom stereocenters. The van der Waals surface area contributed by atoms with E-state index in [1.165, 1.54) is 4.90 Å². The van der Waals surface area contributed by atoms with Crippen LogP contribution in [-0.2, 0) is 9.59 Å². The minimum absolute atomic E-state index is 0.0000314. The summed E-state index contributed by atoms with van der Waals surface area (Å²) in [5, 5.41) is 2.92. The first-order chi connectivity index (χ1) is 10.2. The fraction of sp³-hybridized carbons (Fsp3) is 0.500. The zero-order valence-corrected chi connectivity index (χ0v) is 13.4. The number of anilines is 1. The first kappa shape index (κ1) is 15.9. The summed E-state index contributed by atoms with van der Waals surface area (Å²) in [4.78, 5) is 27.0. The average molecular weight is 306 g/mol. The van der Waals surface area contributed by atoms with Crippen LogP contribution in [0.5, 0.6) is 0 Å². The summed E-state index contributed by atoms with van der Waals surface area (Å²) in [7, 11) is 0. The maximum atomic E-state index is 12.1. The van der Waals surface area contributed by atoms with Gasteiger partial charge in [-0.3, -0.25) is 9.59 Å². The van der Waals surface area contributed by atoms with Crippen molar-refractivity contribution in [2.45, 2.75) is 31.1 Å². The van der Waals surface area contributed by atoms with Crippen molar-refractivity contribution in [1.82, 2.24) is 5.32 Å². The molecule has 1 heterocycles. The van der Waals surface area contributed by atoms with Crippen molar-refractivity contribution in [1.29, 1.82) is 0 Å². The highest BCUT2D eigenvalue weighted by atomic mass is 32.2.